The molecule has 1 atom stereocenters. The Bertz CT molecular complexity index is 960. The molecule has 0 amide bonds. The second-order valence-electron chi connectivity index (χ2n) is 8.89. The van der Waals surface area contributed by atoms with Crippen LogP contribution >= 0.6 is 0 Å². The van der Waals surface area contributed by atoms with Gasteiger partial charge in [0.15, 0.2) is 17.4 Å². The number of nitrogens with zero attached hydrogens (tertiary/aromatic N) is 2. The molecule has 0 radical (unpaired) electrons. The number of carbonyl (C=O) groups is 2. The standard InChI is InChI=1S/C23H28F2N2O3/c1-23(2,3)15(22(29)30-4)13-19(28)20-18-8-6-5-7-11-27(18)21(26-20)14-9-10-16(24)17(25)12-14/h9-10,12,15H,5-8,11,13H2,1-4H3/t15-/m1/s1. The second-order valence-corrected chi connectivity index (χ2v) is 8.89. The van der Waals surface area contributed by atoms with Crippen molar-refractivity contribution in [1.82, 2.24) is 9.55 Å². The number of ketones is 1. The van der Waals surface area contributed by atoms with Crippen molar-refractivity contribution in [2.45, 2.75) is 59.4 Å². The molecule has 1 aliphatic rings. The zero-order valence-corrected chi connectivity index (χ0v) is 17.9. The van der Waals surface area contributed by atoms with Crippen LogP contribution in [0.2, 0.25) is 0 Å². The minimum Gasteiger partial charge on any atom is -0.469 e. The van der Waals surface area contributed by atoms with E-state index in [1.165, 1.54) is 13.2 Å². The molecule has 3 rings (SSSR count). The molecule has 1 aromatic heterocycles. The predicted octanol–water partition coefficient (Wildman–Crippen LogP) is 4.96. The SMILES string of the molecule is COC(=O)[C@@H](CC(=O)c1nc(-c2ccc(F)c(F)c2)n2c1CCCCC2)C(C)(C)C. The Kier molecular flexibility index (Phi) is 6.38. The first-order chi connectivity index (χ1) is 14.1. The summed E-state index contributed by atoms with van der Waals surface area (Å²) >= 11 is 0. The van der Waals surface area contributed by atoms with Crippen molar-refractivity contribution in [3.05, 3.63) is 41.2 Å². The van der Waals surface area contributed by atoms with Crippen molar-refractivity contribution >= 4 is 11.8 Å². The number of hydrogen-bond donors (Lipinski definition) is 0. The summed E-state index contributed by atoms with van der Waals surface area (Å²) in [6.45, 7) is 6.33. The minimum atomic E-state index is -0.954. The van der Waals surface area contributed by atoms with Gasteiger partial charge in [-0.25, -0.2) is 13.8 Å². The van der Waals surface area contributed by atoms with Crippen LogP contribution in [-0.4, -0.2) is 28.4 Å². The molecule has 0 aliphatic carbocycles. The molecule has 0 fully saturated rings. The van der Waals surface area contributed by atoms with Gasteiger partial charge in [-0.05, 0) is 42.9 Å². The summed E-state index contributed by atoms with van der Waals surface area (Å²) in [5, 5.41) is 0. The van der Waals surface area contributed by atoms with Crippen LogP contribution in [-0.2, 0) is 22.5 Å². The highest BCUT2D eigenvalue weighted by Gasteiger charge is 2.36. The smallest absolute Gasteiger partial charge is 0.309 e. The fourth-order valence-corrected chi connectivity index (χ4v) is 3.97. The number of hydrogen-bond acceptors (Lipinski definition) is 4. The summed E-state index contributed by atoms with van der Waals surface area (Å²) in [6.07, 6.45) is 3.51. The summed E-state index contributed by atoms with van der Waals surface area (Å²) < 4.78 is 34.1. The minimum absolute atomic E-state index is 0.0165. The van der Waals surface area contributed by atoms with Crippen molar-refractivity contribution in [1.29, 1.82) is 0 Å². The topological polar surface area (TPSA) is 61.2 Å². The number of imidazole rings is 1. The molecule has 1 aromatic carbocycles. The van der Waals surface area contributed by atoms with Crippen LogP contribution in [0.5, 0.6) is 0 Å². The van der Waals surface area contributed by atoms with Gasteiger partial charge in [-0.3, -0.25) is 9.59 Å². The van der Waals surface area contributed by atoms with Gasteiger partial charge in [0, 0.05) is 24.2 Å². The number of Topliss-reactive ketones (excluding diaryl/α,β-unsaturated/α-hetero) is 1. The van der Waals surface area contributed by atoms with Gasteiger partial charge in [0.25, 0.3) is 0 Å². The summed E-state index contributed by atoms with van der Waals surface area (Å²) in [6, 6.07) is 3.65. The van der Waals surface area contributed by atoms with Gasteiger partial charge in [-0.15, -0.1) is 0 Å². The van der Waals surface area contributed by atoms with E-state index in [0.29, 0.717) is 30.0 Å². The van der Waals surface area contributed by atoms with Crippen molar-refractivity contribution in [2.24, 2.45) is 11.3 Å². The molecular weight excluding hydrogens is 390 g/mol. The van der Waals surface area contributed by atoms with Crippen LogP contribution in [0.1, 0.15) is 62.6 Å². The molecule has 2 heterocycles. The number of esters is 1. The van der Waals surface area contributed by atoms with E-state index in [-0.39, 0.29) is 12.2 Å². The van der Waals surface area contributed by atoms with E-state index in [0.717, 1.165) is 37.1 Å². The summed E-state index contributed by atoms with van der Waals surface area (Å²) in [5.41, 5.74) is 1.09. The first-order valence-electron chi connectivity index (χ1n) is 10.3. The van der Waals surface area contributed by atoms with Crippen LogP contribution in [0.4, 0.5) is 8.78 Å². The fraction of sp³-hybridized carbons (Fsp3) is 0.522. The largest absolute Gasteiger partial charge is 0.469 e. The number of rotatable bonds is 5. The molecule has 30 heavy (non-hydrogen) atoms. The van der Waals surface area contributed by atoms with E-state index >= 15 is 0 Å². The maximum absolute atomic E-state index is 13.8. The van der Waals surface area contributed by atoms with E-state index in [1.807, 2.05) is 25.3 Å². The molecule has 0 bridgehead atoms. The van der Waals surface area contributed by atoms with Crippen molar-refractivity contribution in [3.63, 3.8) is 0 Å². The lowest BCUT2D eigenvalue weighted by atomic mass is 9.77. The van der Waals surface area contributed by atoms with Gasteiger partial charge >= 0.3 is 5.97 Å². The maximum atomic E-state index is 13.8. The van der Waals surface area contributed by atoms with Gasteiger partial charge in [0.2, 0.25) is 0 Å². The molecule has 5 nitrogen and oxygen atoms in total. The highest BCUT2D eigenvalue weighted by Crippen LogP contribution is 2.33. The molecule has 7 heteroatoms. The quantitative estimate of drug-likeness (QED) is 0.508. The number of methoxy groups -OCH3 is 1. The van der Waals surface area contributed by atoms with Crippen molar-refractivity contribution in [3.8, 4) is 11.4 Å². The van der Waals surface area contributed by atoms with Gasteiger partial charge < -0.3 is 9.30 Å². The molecule has 0 unspecified atom stereocenters. The lowest BCUT2D eigenvalue weighted by Crippen LogP contribution is -2.32. The molecule has 0 N–H and O–H groups in total. The van der Waals surface area contributed by atoms with E-state index in [1.54, 1.807) is 0 Å². The zero-order chi connectivity index (χ0) is 22.1. The molecule has 1 aliphatic heterocycles. The maximum Gasteiger partial charge on any atom is 0.309 e. The van der Waals surface area contributed by atoms with Gasteiger partial charge in [-0.2, -0.15) is 0 Å². The average molecular weight is 418 g/mol. The predicted molar refractivity (Wildman–Crippen MR) is 109 cm³/mol. The third-order valence-corrected chi connectivity index (χ3v) is 5.73. The van der Waals surface area contributed by atoms with Gasteiger partial charge in [-0.1, -0.05) is 27.2 Å². The van der Waals surface area contributed by atoms with Gasteiger partial charge in [0.1, 0.15) is 11.5 Å². The number of carbonyl (C=O) groups excluding carboxylic acids is 2. The van der Waals surface area contributed by atoms with Crippen LogP contribution in [0.25, 0.3) is 11.4 Å². The van der Waals surface area contributed by atoms with Crippen LogP contribution in [0.3, 0.4) is 0 Å². The highest BCUT2D eigenvalue weighted by molar-refractivity contribution is 5.98. The zero-order valence-electron chi connectivity index (χ0n) is 17.9. The number of fused-ring (bicyclic) bond motifs is 1. The molecule has 162 valence electrons. The number of ether oxygens (including phenoxy) is 1. The summed E-state index contributed by atoms with van der Waals surface area (Å²) in [4.78, 5) is 30.1. The summed E-state index contributed by atoms with van der Waals surface area (Å²) in [5.74, 6) is -2.69. The number of aromatic nitrogens is 2. The number of benzene rings is 1. The molecular formula is C23H28F2N2O3. The molecule has 0 saturated carbocycles. The van der Waals surface area contributed by atoms with E-state index in [2.05, 4.69) is 4.98 Å². The Morgan fingerprint density at radius 1 is 1.17 bits per heavy atom. The van der Waals surface area contributed by atoms with Crippen LogP contribution in [0, 0.1) is 23.0 Å². The third kappa shape index (κ3) is 4.45. The Hall–Kier alpha value is -2.57. The van der Waals surface area contributed by atoms with Gasteiger partial charge in [0.05, 0.1) is 13.0 Å². The molecule has 2 aromatic rings. The third-order valence-electron chi connectivity index (χ3n) is 5.73. The Labute approximate surface area is 175 Å². The molecule has 0 spiro atoms. The first kappa shape index (κ1) is 22.1. The van der Waals surface area contributed by atoms with Crippen molar-refractivity contribution in [2.75, 3.05) is 7.11 Å². The lowest BCUT2D eigenvalue weighted by molar-refractivity contribution is -0.149. The molecule has 0 saturated heterocycles. The first-order valence-corrected chi connectivity index (χ1v) is 10.3. The number of halogens is 2. The van der Waals surface area contributed by atoms with E-state index < -0.39 is 28.9 Å². The monoisotopic (exact) mass is 418 g/mol. The van der Waals surface area contributed by atoms with Crippen LogP contribution < -0.4 is 0 Å². The van der Waals surface area contributed by atoms with E-state index in [4.69, 9.17) is 4.74 Å². The Balaban J connectivity index is 2.04. The fourth-order valence-electron chi connectivity index (χ4n) is 3.97. The average Bonchev–Trinajstić information content (AvgIpc) is 2.88. The second kappa shape index (κ2) is 8.66. The van der Waals surface area contributed by atoms with Crippen molar-refractivity contribution < 1.29 is 23.1 Å². The van der Waals surface area contributed by atoms with E-state index in [9.17, 15) is 18.4 Å². The Morgan fingerprint density at radius 3 is 2.53 bits per heavy atom. The highest BCUT2D eigenvalue weighted by atomic mass is 19.2. The lowest BCUT2D eigenvalue weighted by Gasteiger charge is -2.27. The summed E-state index contributed by atoms with van der Waals surface area (Å²) in [7, 11) is 1.31. The Morgan fingerprint density at radius 2 is 1.90 bits per heavy atom. The van der Waals surface area contributed by atoms with Crippen LogP contribution in [0.15, 0.2) is 18.2 Å². The normalized spacial score (nSPS) is 15.3.